The number of carbonyl (C=O) groups is 1. The normalized spacial score (nSPS) is 15.2. The van der Waals surface area contributed by atoms with Crippen LogP contribution in [0.2, 0.25) is 0 Å². The molecule has 192 valence electrons. The Morgan fingerprint density at radius 2 is 1.67 bits per heavy atom. The van der Waals surface area contributed by atoms with Gasteiger partial charge in [-0.1, -0.05) is 61.7 Å². The van der Waals surface area contributed by atoms with Gasteiger partial charge in [0.15, 0.2) is 0 Å². The maximum Gasteiger partial charge on any atom is 0.408 e. The molecule has 1 aliphatic rings. The molecule has 0 atom stereocenters. The van der Waals surface area contributed by atoms with Crippen molar-refractivity contribution in [3.8, 4) is 0 Å². The summed E-state index contributed by atoms with van der Waals surface area (Å²) in [6.07, 6.45) is 10.1. The fraction of sp³-hybridized carbons (Fsp3) is 0.484. The van der Waals surface area contributed by atoms with E-state index >= 15 is 0 Å². The van der Waals surface area contributed by atoms with Crippen molar-refractivity contribution in [2.75, 3.05) is 0 Å². The van der Waals surface area contributed by atoms with E-state index in [9.17, 15) is 9.59 Å². The van der Waals surface area contributed by atoms with Gasteiger partial charge >= 0.3 is 6.09 Å². The molecule has 0 unspecified atom stereocenters. The number of nitrogens with one attached hydrogen (secondary N) is 2. The summed E-state index contributed by atoms with van der Waals surface area (Å²) >= 11 is 0. The average molecular weight is 489 g/mol. The third-order valence-electron chi connectivity index (χ3n) is 7.21. The molecule has 3 aromatic rings. The van der Waals surface area contributed by atoms with Crippen LogP contribution in [0.5, 0.6) is 0 Å². The monoisotopic (exact) mass is 488 g/mol. The number of carbonyl (C=O) groups excluding carboxylic acids is 1. The molecule has 5 heteroatoms. The van der Waals surface area contributed by atoms with E-state index in [-0.39, 0.29) is 17.2 Å². The molecular weight excluding hydrogens is 448 g/mol. The van der Waals surface area contributed by atoms with Crippen molar-refractivity contribution in [1.82, 2.24) is 10.3 Å². The number of hydrogen-bond donors (Lipinski definition) is 2. The lowest BCUT2D eigenvalue weighted by Gasteiger charge is -2.32. The van der Waals surface area contributed by atoms with E-state index in [0.29, 0.717) is 0 Å². The minimum atomic E-state index is -0.474. The van der Waals surface area contributed by atoms with Gasteiger partial charge in [-0.2, -0.15) is 0 Å². The van der Waals surface area contributed by atoms with Crippen LogP contribution in [-0.4, -0.2) is 22.2 Å². The molecule has 4 rings (SSSR count). The molecule has 1 aromatic heterocycles. The quantitative estimate of drug-likeness (QED) is 0.323. The Hall–Kier alpha value is -3.08. The molecule has 1 heterocycles. The van der Waals surface area contributed by atoms with E-state index in [1.807, 2.05) is 39.0 Å². The number of pyridine rings is 1. The van der Waals surface area contributed by atoms with Crippen LogP contribution in [0.25, 0.3) is 10.9 Å². The maximum absolute atomic E-state index is 12.4. The number of aromatic nitrogens is 1. The zero-order chi connectivity index (χ0) is 25.6. The first-order chi connectivity index (χ1) is 17.2. The lowest BCUT2D eigenvalue weighted by Crippen LogP contribution is -2.48. The summed E-state index contributed by atoms with van der Waals surface area (Å²) in [5, 5.41) is 4.34. The Labute approximate surface area is 214 Å². The highest BCUT2D eigenvalue weighted by Crippen LogP contribution is 2.34. The molecule has 0 bridgehead atoms. The number of fused-ring (bicyclic) bond motifs is 1. The van der Waals surface area contributed by atoms with Crippen molar-refractivity contribution < 1.29 is 9.53 Å². The third kappa shape index (κ3) is 7.22. The molecule has 1 fully saturated rings. The van der Waals surface area contributed by atoms with Crippen molar-refractivity contribution in [2.24, 2.45) is 0 Å². The number of rotatable bonds is 9. The van der Waals surface area contributed by atoms with Crippen LogP contribution < -0.4 is 10.9 Å². The Morgan fingerprint density at radius 3 is 2.42 bits per heavy atom. The second-order valence-electron chi connectivity index (χ2n) is 11.3. The number of aryl methyl sites for hydroxylation is 3. The van der Waals surface area contributed by atoms with E-state index in [1.165, 1.54) is 24.0 Å². The summed E-state index contributed by atoms with van der Waals surface area (Å²) in [6, 6.07) is 18.6. The van der Waals surface area contributed by atoms with Crippen molar-refractivity contribution in [2.45, 2.75) is 96.1 Å². The number of hydrogen-bond acceptors (Lipinski definition) is 3. The Balaban J connectivity index is 1.30. The number of H-pyrrole nitrogens is 1. The van der Waals surface area contributed by atoms with E-state index in [2.05, 4.69) is 40.6 Å². The number of ether oxygens (including phenoxy) is 1. The van der Waals surface area contributed by atoms with Gasteiger partial charge in [-0.25, -0.2) is 4.79 Å². The van der Waals surface area contributed by atoms with Crippen molar-refractivity contribution in [1.29, 1.82) is 0 Å². The van der Waals surface area contributed by atoms with Crippen molar-refractivity contribution in [3.05, 3.63) is 81.6 Å². The van der Waals surface area contributed by atoms with Gasteiger partial charge in [0.2, 0.25) is 5.56 Å². The molecule has 1 aliphatic carbocycles. The molecule has 0 radical (unpaired) electrons. The standard InChI is InChI=1S/C31H40N2O3/c1-30(2,3)36-29(35)33-31(19-8-9-20-31)18-7-6-11-23-12-10-13-24(21-23)16-17-25-22-28(34)32-27-15-5-4-14-26(25)27/h4-5,10,12-15,21-22H,6-9,11,16-20H2,1-3H3,(H,32,34)(H,33,35). The number of aromatic amines is 1. The number of alkyl carbamates (subject to hydrolysis) is 1. The minimum absolute atomic E-state index is 0.0429. The van der Waals surface area contributed by atoms with Crippen LogP contribution in [0.1, 0.15) is 82.4 Å². The maximum atomic E-state index is 12.4. The van der Waals surface area contributed by atoms with Gasteiger partial charge in [0, 0.05) is 22.5 Å². The summed E-state index contributed by atoms with van der Waals surface area (Å²) < 4.78 is 5.53. The van der Waals surface area contributed by atoms with E-state index < -0.39 is 5.60 Å². The van der Waals surface area contributed by atoms with E-state index in [4.69, 9.17) is 4.74 Å². The molecule has 1 saturated carbocycles. The van der Waals surface area contributed by atoms with Gasteiger partial charge in [0.05, 0.1) is 0 Å². The van der Waals surface area contributed by atoms with Crippen LogP contribution in [0, 0.1) is 0 Å². The smallest absolute Gasteiger partial charge is 0.408 e. The minimum Gasteiger partial charge on any atom is -0.444 e. The van der Waals surface area contributed by atoms with Gasteiger partial charge in [-0.15, -0.1) is 0 Å². The summed E-state index contributed by atoms with van der Waals surface area (Å²) in [4.78, 5) is 27.4. The fourth-order valence-corrected chi connectivity index (χ4v) is 5.51. The van der Waals surface area contributed by atoms with Gasteiger partial charge in [0.25, 0.3) is 0 Å². The summed E-state index contributed by atoms with van der Waals surface area (Å²) in [5.74, 6) is 0. The van der Waals surface area contributed by atoms with Crippen molar-refractivity contribution >= 4 is 17.0 Å². The summed E-state index contributed by atoms with van der Waals surface area (Å²) in [7, 11) is 0. The fourth-order valence-electron chi connectivity index (χ4n) is 5.51. The lowest BCUT2D eigenvalue weighted by molar-refractivity contribution is 0.0449. The Bertz CT molecular complexity index is 1230. The molecule has 2 N–H and O–H groups in total. The van der Waals surface area contributed by atoms with Crippen LogP contribution in [0.3, 0.4) is 0 Å². The van der Waals surface area contributed by atoms with Crippen LogP contribution >= 0.6 is 0 Å². The zero-order valence-corrected chi connectivity index (χ0v) is 22.0. The predicted octanol–water partition coefficient (Wildman–Crippen LogP) is 6.86. The number of amides is 1. The van der Waals surface area contributed by atoms with Gasteiger partial charge in [-0.05, 0) is 88.5 Å². The van der Waals surface area contributed by atoms with Gasteiger partial charge < -0.3 is 15.0 Å². The molecule has 36 heavy (non-hydrogen) atoms. The molecule has 1 amide bonds. The second-order valence-corrected chi connectivity index (χ2v) is 11.3. The number of unbranched alkanes of at least 4 members (excludes halogenated alkanes) is 1. The molecule has 0 spiro atoms. The largest absolute Gasteiger partial charge is 0.444 e. The second kappa shape index (κ2) is 11.3. The average Bonchev–Trinajstić information content (AvgIpc) is 3.27. The highest BCUT2D eigenvalue weighted by atomic mass is 16.6. The highest BCUT2D eigenvalue weighted by molar-refractivity contribution is 5.81. The summed E-state index contributed by atoms with van der Waals surface area (Å²) in [5.41, 5.74) is 4.02. The number of para-hydroxylation sites is 1. The molecule has 2 aromatic carbocycles. The summed E-state index contributed by atoms with van der Waals surface area (Å²) in [6.45, 7) is 5.72. The van der Waals surface area contributed by atoms with Crippen LogP contribution in [0.4, 0.5) is 4.79 Å². The highest BCUT2D eigenvalue weighted by Gasteiger charge is 2.36. The first-order valence-electron chi connectivity index (χ1n) is 13.4. The van der Waals surface area contributed by atoms with E-state index in [0.717, 1.165) is 67.8 Å². The molecule has 5 nitrogen and oxygen atoms in total. The Kier molecular flexibility index (Phi) is 8.17. The number of benzene rings is 2. The first-order valence-corrected chi connectivity index (χ1v) is 13.4. The molecule has 0 saturated heterocycles. The van der Waals surface area contributed by atoms with Crippen LogP contribution in [-0.2, 0) is 24.0 Å². The first kappa shape index (κ1) is 26.0. The Morgan fingerprint density at radius 1 is 0.944 bits per heavy atom. The van der Waals surface area contributed by atoms with Crippen molar-refractivity contribution in [3.63, 3.8) is 0 Å². The zero-order valence-electron chi connectivity index (χ0n) is 22.0. The van der Waals surface area contributed by atoms with Gasteiger partial charge in [-0.3, -0.25) is 4.79 Å². The molecule has 0 aliphatic heterocycles. The van der Waals surface area contributed by atoms with Crippen LogP contribution in [0.15, 0.2) is 59.4 Å². The van der Waals surface area contributed by atoms with Gasteiger partial charge in [0.1, 0.15) is 5.60 Å². The lowest BCUT2D eigenvalue weighted by atomic mass is 9.90. The topological polar surface area (TPSA) is 71.2 Å². The third-order valence-corrected chi connectivity index (χ3v) is 7.21. The SMILES string of the molecule is CC(C)(C)OC(=O)NC1(CCCCc2cccc(CCc3cc(=O)[nH]c4ccccc34)c2)CCCC1. The molecular formula is C31H40N2O3. The predicted molar refractivity (Wildman–Crippen MR) is 147 cm³/mol. The van der Waals surface area contributed by atoms with E-state index in [1.54, 1.807) is 6.07 Å².